The molecule has 0 atom stereocenters. The Morgan fingerprint density at radius 2 is 1.90 bits per heavy atom. The molecule has 0 bridgehead atoms. The van der Waals surface area contributed by atoms with E-state index in [9.17, 15) is 0 Å². The standard InChI is InChI=1S/C17H11N3/c1-20-16-5-3-2-4-12(16)9-15-17(20)13-8-11(10-18)6-7-14(13)19-15/h2-9H,1H3/p+1. The Kier molecular flexibility index (Phi) is 2.10. The summed E-state index contributed by atoms with van der Waals surface area (Å²) in [6, 6.07) is 18.4. The lowest BCUT2D eigenvalue weighted by Gasteiger charge is -1.98. The van der Waals surface area contributed by atoms with Gasteiger partial charge in [-0.3, -0.25) is 0 Å². The number of fused-ring (bicyclic) bond motifs is 4. The average Bonchev–Trinajstić information content (AvgIpc) is 2.84. The minimum absolute atomic E-state index is 0.687. The SMILES string of the molecule is C[n+]1c2ccccc2cc2[nH]c3ccc(C#N)cc3c21. The lowest BCUT2D eigenvalue weighted by atomic mass is 10.1. The number of nitrogens with zero attached hydrogens (tertiary/aromatic N) is 2. The van der Waals surface area contributed by atoms with Gasteiger partial charge in [0.05, 0.1) is 22.5 Å². The van der Waals surface area contributed by atoms with E-state index in [-0.39, 0.29) is 0 Å². The number of aromatic nitrogens is 2. The Morgan fingerprint density at radius 3 is 2.75 bits per heavy atom. The summed E-state index contributed by atoms with van der Waals surface area (Å²) in [5.74, 6) is 0. The van der Waals surface area contributed by atoms with E-state index < -0.39 is 0 Å². The molecule has 0 unspecified atom stereocenters. The summed E-state index contributed by atoms with van der Waals surface area (Å²) in [5, 5.41) is 11.4. The molecule has 0 radical (unpaired) electrons. The van der Waals surface area contributed by atoms with E-state index in [0.29, 0.717) is 5.56 Å². The predicted octanol–water partition coefficient (Wildman–Crippen LogP) is 3.17. The van der Waals surface area contributed by atoms with Crippen LogP contribution >= 0.6 is 0 Å². The van der Waals surface area contributed by atoms with Crippen molar-refractivity contribution in [2.24, 2.45) is 7.05 Å². The zero-order valence-corrected chi connectivity index (χ0v) is 11.0. The molecule has 0 saturated heterocycles. The number of nitrogens with one attached hydrogen (secondary N) is 1. The summed E-state index contributed by atoms with van der Waals surface area (Å²) in [7, 11) is 2.07. The second-order valence-electron chi connectivity index (χ2n) is 5.02. The lowest BCUT2D eigenvalue weighted by Crippen LogP contribution is -2.29. The number of hydrogen-bond donors (Lipinski definition) is 1. The first kappa shape index (κ1) is 11.0. The van der Waals surface area contributed by atoms with E-state index in [0.717, 1.165) is 21.9 Å². The van der Waals surface area contributed by atoms with Gasteiger partial charge in [-0.05, 0) is 30.3 Å². The highest BCUT2D eigenvalue weighted by Gasteiger charge is 2.17. The van der Waals surface area contributed by atoms with E-state index >= 15 is 0 Å². The maximum absolute atomic E-state index is 9.08. The number of H-pyrrole nitrogens is 1. The Balaban J connectivity index is 2.28. The summed E-state index contributed by atoms with van der Waals surface area (Å²) in [6.07, 6.45) is 0. The highest BCUT2D eigenvalue weighted by Crippen LogP contribution is 2.26. The summed E-state index contributed by atoms with van der Waals surface area (Å²) < 4.78 is 2.19. The van der Waals surface area contributed by atoms with Crippen LogP contribution in [0.3, 0.4) is 0 Å². The number of hydrogen-bond acceptors (Lipinski definition) is 1. The Labute approximate surface area is 115 Å². The molecule has 0 spiro atoms. The minimum Gasteiger partial charge on any atom is -0.349 e. The maximum Gasteiger partial charge on any atom is 0.238 e. The molecule has 2 aromatic carbocycles. The average molecular weight is 258 g/mol. The largest absolute Gasteiger partial charge is 0.349 e. The molecule has 2 aromatic heterocycles. The van der Waals surface area contributed by atoms with Crippen molar-refractivity contribution < 1.29 is 4.57 Å². The van der Waals surface area contributed by atoms with Crippen LogP contribution in [0.5, 0.6) is 0 Å². The second-order valence-corrected chi connectivity index (χ2v) is 5.02. The molecule has 0 amide bonds. The summed E-state index contributed by atoms with van der Waals surface area (Å²) in [4.78, 5) is 3.43. The number of aryl methyl sites for hydroxylation is 1. The number of benzene rings is 2. The van der Waals surface area contributed by atoms with Gasteiger partial charge in [-0.1, -0.05) is 12.1 Å². The van der Waals surface area contributed by atoms with Crippen molar-refractivity contribution in [1.29, 1.82) is 5.26 Å². The fourth-order valence-corrected chi connectivity index (χ4v) is 2.92. The predicted molar refractivity (Wildman–Crippen MR) is 79.2 cm³/mol. The van der Waals surface area contributed by atoms with Crippen molar-refractivity contribution in [2.75, 3.05) is 0 Å². The van der Waals surface area contributed by atoms with Gasteiger partial charge in [0.25, 0.3) is 0 Å². The number of nitriles is 1. The zero-order valence-electron chi connectivity index (χ0n) is 11.0. The summed E-state index contributed by atoms with van der Waals surface area (Å²) in [5.41, 5.74) is 5.16. The maximum atomic E-state index is 9.08. The first-order valence-electron chi connectivity index (χ1n) is 6.51. The highest BCUT2D eigenvalue weighted by molar-refractivity contribution is 6.05. The third-order valence-corrected chi connectivity index (χ3v) is 3.86. The molecule has 20 heavy (non-hydrogen) atoms. The molecular weight excluding hydrogens is 246 g/mol. The van der Waals surface area contributed by atoms with Crippen molar-refractivity contribution in [3.63, 3.8) is 0 Å². The van der Waals surface area contributed by atoms with Gasteiger partial charge in [0.15, 0.2) is 0 Å². The van der Waals surface area contributed by atoms with Crippen molar-refractivity contribution in [3.8, 4) is 6.07 Å². The molecule has 4 aromatic rings. The van der Waals surface area contributed by atoms with Crippen LogP contribution in [-0.4, -0.2) is 4.98 Å². The topological polar surface area (TPSA) is 43.5 Å². The molecule has 0 fully saturated rings. The third-order valence-electron chi connectivity index (χ3n) is 3.86. The monoisotopic (exact) mass is 258 g/mol. The van der Waals surface area contributed by atoms with Crippen LogP contribution in [0.2, 0.25) is 0 Å². The van der Waals surface area contributed by atoms with Gasteiger partial charge in [0, 0.05) is 11.5 Å². The van der Waals surface area contributed by atoms with Crippen LogP contribution < -0.4 is 4.57 Å². The molecule has 0 aliphatic carbocycles. The normalized spacial score (nSPS) is 11.2. The fraction of sp³-hybridized carbons (Fsp3) is 0.0588. The van der Waals surface area contributed by atoms with Gasteiger partial charge in [-0.2, -0.15) is 9.83 Å². The molecule has 3 heteroatoms. The van der Waals surface area contributed by atoms with Crippen LogP contribution in [0.25, 0.3) is 32.8 Å². The van der Waals surface area contributed by atoms with Crippen molar-refractivity contribution >= 4 is 32.8 Å². The number of pyridine rings is 1. The van der Waals surface area contributed by atoms with Crippen molar-refractivity contribution in [1.82, 2.24) is 4.98 Å². The lowest BCUT2D eigenvalue weighted by molar-refractivity contribution is -0.616. The molecule has 4 rings (SSSR count). The van der Waals surface area contributed by atoms with Crippen LogP contribution in [-0.2, 0) is 7.05 Å². The fourth-order valence-electron chi connectivity index (χ4n) is 2.92. The number of aromatic amines is 1. The second kappa shape index (κ2) is 3.82. The molecular formula is C17H12N3+. The first-order chi connectivity index (χ1) is 9.78. The Morgan fingerprint density at radius 1 is 1.05 bits per heavy atom. The Hall–Kier alpha value is -2.86. The molecule has 0 saturated carbocycles. The van der Waals surface area contributed by atoms with Crippen molar-refractivity contribution in [2.45, 2.75) is 0 Å². The van der Waals surface area contributed by atoms with E-state index in [4.69, 9.17) is 5.26 Å². The van der Waals surface area contributed by atoms with Gasteiger partial charge >= 0.3 is 0 Å². The quantitative estimate of drug-likeness (QED) is 0.484. The summed E-state index contributed by atoms with van der Waals surface area (Å²) >= 11 is 0. The molecule has 2 heterocycles. The third kappa shape index (κ3) is 1.36. The number of para-hydroxylation sites is 1. The van der Waals surface area contributed by atoms with Gasteiger partial charge in [0.2, 0.25) is 11.0 Å². The number of rotatable bonds is 0. The molecule has 3 nitrogen and oxygen atoms in total. The van der Waals surface area contributed by atoms with Crippen LogP contribution in [0, 0.1) is 11.3 Å². The molecule has 0 aliphatic heterocycles. The van der Waals surface area contributed by atoms with E-state index in [2.05, 4.69) is 40.9 Å². The molecule has 1 N–H and O–H groups in total. The molecule has 0 aliphatic rings. The van der Waals surface area contributed by atoms with Gasteiger partial charge in [-0.25, -0.2) is 0 Å². The van der Waals surface area contributed by atoms with E-state index in [1.165, 1.54) is 10.9 Å². The Bertz CT molecular complexity index is 1020. The van der Waals surface area contributed by atoms with Gasteiger partial charge < -0.3 is 4.98 Å². The van der Waals surface area contributed by atoms with Crippen LogP contribution in [0.1, 0.15) is 5.56 Å². The highest BCUT2D eigenvalue weighted by atomic mass is 15.0. The van der Waals surface area contributed by atoms with E-state index in [1.807, 2.05) is 30.3 Å². The molecule has 94 valence electrons. The summed E-state index contributed by atoms with van der Waals surface area (Å²) in [6.45, 7) is 0. The van der Waals surface area contributed by atoms with Gasteiger partial charge in [-0.15, -0.1) is 0 Å². The first-order valence-corrected chi connectivity index (χ1v) is 6.51. The van der Waals surface area contributed by atoms with Crippen LogP contribution in [0.15, 0.2) is 48.5 Å². The zero-order chi connectivity index (χ0) is 13.7. The minimum atomic E-state index is 0.687. The van der Waals surface area contributed by atoms with Gasteiger partial charge in [0.1, 0.15) is 12.6 Å². The van der Waals surface area contributed by atoms with Crippen molar-refractivity contribution in [3.05, 3.63) is 54.1 Å². The van der Waals surface area contributed by atoms with E-state index in [1.54, 1.807) is 0 Å². The smallest absolute Gasteiger partial charge is 0.238 e. The van der Waals surface area contributed by atoms with Crippen LogP contribution in [0.4, 0.5) is 0 Å².